The number of guanidine groups is 1. The van der Waals surface area contributed by atoms with Crippen molar-refractivity contribution < 1.29 is 171 Å². The molecule has 1 aromatic heterocycles. The molecule has 7 rings (SSSR count). The van der Waals surface area contributed by atoms with Crippen LogP contribution < -0.4 is 86.3 Å². The van der Waals surface area contributed by atoms with Crippen LogP contribution in [0.4, 0.5) is 0 Å². The number of amides is 16. The maximum Gasteiger partial charge on any atom is 0.305 e. The molecule has 32 N–H and O–H groups in total. The number of aromatic nitrogens is 2. The number of hydrogen-bond acceptors (Lipinski definition) is 37. The average molecular weight is 1990 g/mol. The van der Waals surface area contributed by atoms with Gasteiger partial charge in [0.25, 0.3) is 0 Å². The van der Waals surface area contributed by atoms with Gasteiger partial charge in [-0.1, -0.05) is 13.8 Å². The second-order valence-electron chi connectivity index (χ2n) is 35.1. The largest absolute Gasteiger partial charge is 0.481 e. The fourth-order valence-electron chi connectivity index (χ4n) is 16.4. The molecule has 6 aliphatic heterocycles. The summed E-state index contributed by atoms with van der Waals surface area (Å²) in [5.74, 6) is -19.0. The molecule has 0 aliphatic carbocycles. The lowest BCUT2D eigenvalue weighted by atomic mass is 9.94. The highest BCUT2D eigenvalue weighted by atomic mass is 16.7. The van der Waals surface area contributed by atoms with Gasteiger partial charge in [0, 0.05) is 64.4 Å². The summed E-state index contributed by atoms with van der Waals surface area (Å²) in [5.41, 5.74) is 17.6. The highest BCUT2D eigenvalue weighted by Crippen LogP contribution is 2.34. The van der Waals surface area contributed by atoms with Crippen LogP contribution in [0.1, 0.15) is 126 Å². The first kappa shape index (κ1) is 115. The fraction of sp³-hybridized carbons (Fsp3) is 0.744. The number of aromatic amines is 1. The highest BCUT2D eigenvalue weighted by Gasteiger charge is 2.55. The number of carbonyl (C=O) groups is 17. The van der Waals surface area contributed by atoms with E-state index in [4.69, 9.17) is 45.6 Å². The molecule has 0 bridgehead atoms. The Balaban J connectivity index is 1.09. The van der Waals surface area contributed by atoms with E-state index in [9.17, 15) is 138 Å². The third-order valence-electron chi connectivity index (χ3n) is 23.8. The van der Waals surface area contributed by atoms with Crippen molar-refractivity contribution in [1.29, 1.82) is 0 Å². The number of carbonyl (C=O) groups excluding carboxylic acids is 16. The molecule has 57 nitrogen and oxygen atoms in total. The van der Waals surface area contributed by atoms with E-state index < -0.39 is 335 Å². The first-order chi connectivity index (χ1) is 65.6. The zero-order chi connectivity index (χ0) is 103. The number of likely N-dealkylation sites (tertiary alicyclic amines) is 3. The van der Waals surface area contributed by atoms with Gasteiger partial charge in [0.05, 0.1) is 77.1 Å². The number of carboxylic acids is 1. The van der Waals surface area contributed by atoms with Crippen LogP contribution in [-0.4, -0.2) is 447 Å². The number of carboxylic acid groups (broad SMARTS) is 1. The Morgan fingerprint density at radius 2 is 1.04 bits per heavy atom. The van der Waals surface area contributed by atoms with Crippen molar-refractivity contribution in [3.05, 3.63) is 18.2 Å². The van der Waals surface area contributed by atoms with Gasteiger partial charge < -0.3 is 196 Å². The molecule has 782 valence electrons. The maximum atomic E-state index is 15.2. The average Bonchev–Trinajstić information content (AvgIpc) is 1.37. The first-order valence-corrected chi connectivity index (χ1v) is 45.4. The number of ether oxygens (including phenoxy) is 6. The van der Waals surface area contributed by atoms with E-state index in [1.165, 1.54) is 38.2 Å². The number of aliphatic carboxylic acids is 1. The standard InChI is InChI=1S/C82H134N22O35/c1-33(2)55(99-53(113)26-88-67(122)42(83)22-41-24-86-32-90-41)73(128)101-57(38(7)135-80-59(95-40(9)111)66(139-81-65(121)64(120)61(117)50(30-108)137-81)62(118)51(138-80)31-134-79-58(94-39(8)110)63(119)60(116)49(29-107)136-79)75(130)98-45(28-106)69(124)92-35(4)76(131)103-20-12-17-48(103)72(127)97-44(23-54(114)115)68(123)100-56(37(6)109)74(129)96-43(14-10-18-87-82(84)85)78(133)104-21-13-16-47(104)71(126)93-36(5)77(132)102-19-11-15-46(102)70(125)89-25-52(112)91-34(3)27-105/h24,32-38,42-51,55-66,79-81,105-109,116-121H,10-23,25-31,83H2,1-9H3,(H,86,90)(H,88,122)(H,89,125)(H,91,112)(H,92,124)(H,93,126)(H,94,110)(H,95,111)(H,96,129)(H,97,127)(H,98,130)(H,99,113)(H,100,123)(H,101,128)(H,114,115)(H4,84,85,87)/t34?,35?,36?,37?,38?,42?,43?,44?,45?,46?,47?,48?,49-,50-,51-,55?,56?,57?,58?,59?,60+,61-,62-,63?,64?,65?,66?,79+,80-,81-/m0/s1. The number of aliphatic hydroxyl groups is 11. The first-order valence-electron chi connectivity index (χ1n) is 45.4. The predicted molar refractivity (Wildman–Crippen MR) is 471 cm³/mol. The SMILES string of the molecule is CC(=O)NC1C(O[C@@H]2O[C@@H](CO)[C@H](O)C(O)C2O)[C@@H](O)[C@H](CO[C@@H]2O[C@@H](CO)[C@@H](O)C(O)C2NC(C)=O)O[C@@H]1OC(C)C(NC(=O)C(NC(=O)CNC(=O)C(N)Cc1cnc[nH]1)C(C)C)C(=O)NC(CO)C(=O)NC(C)C(=O)N1CCCC1C(=O)NC(CC(=O)O)C(=O)NC(C(=O)NC(CCCN=C(N)N)C(=O)N1CCCC1C(=O)NC(C)C(=O)N1CCCC1C(=O)NCC(=O)NC(C)CO)C(C)O. The zero-order valence-electron chi connectivity index (χ0n) is 78.1. The third-order valence-corrected chi connectivity index (χ3v) is 23.8. The number of nitrogens with one attached hydrogen (secondary N) is 14. The predicted octanol–water partition coefficient (Wildman–Crippen LogP) is -16.4. The highest BCUT2D eigenvalue weighted by molar-refractivity contribution is 6.01. The number of nitrogens with two attached hydrogens (primary N) is 3. The van der Waals surface area contributed by atoms with Crippen molar-refractivity contribution in [3.8, 4) is 0 Å². The Hall–Kier alpha value is -11.2. The molecule has 0 spiro atoms. The van der Waals surface area contributed by atoms with Crippen LogP contribution >= 0.6 is 0 Å². The summed E-state index contributed by atoms with van der Waals surface area (Å²) in [7, 11) is 0. The lowest BCUT2D eigenvalue weighted by Gasteiger charge is -2.48. The van der Waals surface area contributed by atoms with Crippen molar-refractivity contribution >= 4 is 106 Å². The van der Waals surface area contributed by atoms with Gasteiger partial charge in [-0.2, -0.15) is 0 Å². The Morgan fingerprint density at radius 1 is 0.532 bits per heavy atom. The summed E-state index contributed by atoms with van der Waals surface area (Å²) >= 11 is 0. The van der Waals surface area contributed by atoms with Crippen molar-refractivity contribution in [1.82, 2.24) is 93.8 Å². The molecule has 0 saturated carbocycles. The number of nitrogens with zero attached hydrogens (tertiary/aromatic N) is 5. The molecule has 21 unspecified atom stereocenters. The maximum absolute atomic E-state index is 15.2. The quantitative estimate of drug-likeness (QED) is 0.0164. The number of aliphatic imine (C=N–C) groups is 1. The molecule has 57 heteroatoms. The second-order valence-corrected chi connectivity index (χ2v) is 35.1. The smallest absolute Gasteiger partial charge is 0.305 e. The number of H-pyrrole nitrogens is 1. The van der Waals surface area contributed by atoms with E-state index in [1.54, 1.807) is 6.92 Å². The summed E-state index contributed by atoms with van der Waals surface area (Å²) in [6.45, 7) is 4.87. The van der Waals surface area contributed by atoms with E-state index in [0.29, 0.717) is 12.1 Å². The van der Waals surface area contributed by atoms with E-state index in [0.717, 1.165) is 44.4 Å². The van der Waals surface area contributed by atoms with Crippen LogP contribution in [0.25, 0.3) is 0 Å². The van der Waals surface area contributed by atoms with Crippen molar-refractivity contribution in [2.24, 2.45) is 28.1 Å². The zero-order valence-corrected chi connectivity index (χ0v) is 78.1. The summed E-state index contributed by atoms with van der Waals surface area (Å²) < 4.78 is 36.0. The second kappa shape index (κ2) is 53.9. The summed E-state index contributed by atoms with van der Waals surface area (Å²) in [6.07, 6.45) is -27.4. The van der Waals surface area contributed by atoms with Gasteiger partial charge in [-0.3, -0.25) is 86.5 Å². The third kappa shape index (κ3) is 32.1. The molecular weight excluding hydrogens is 1850 g/mol. The fourth-order valence-corrected chi connectivity index (χ4v) is 16.4. The van der Waals surface area contributed by atoms with Gasteiger partial charge >= 0.3 is 5.97 Å². The number of imidazole rings is 1. The van der Waals surface area contributed by atoms with Crippen LogP contribution in [0, 0.1) is 5.92 Å². The summed E-state index contributed by atoms with van der Waals surface area (Å²) in [4.78, 5) is 249. The van der Waals surface area contributed by atoms with Crippen LogP contribution in [-0.2, 0) is 116 Å². The van der Waals surface area contributed by atoms with E-state index in [-0.39, 0.29) is 90.1 Å². The number of aliphatic hydroxyl groups excluding tert-OH is 11. The molecule has 7 heterocycles. The minimum absolute atomic E-state index is 0.0116. The summed E-state index contributed by atoms with van der Waals surface area (Å²) in [5, 5.41) is 160. The van der Waals surface area contributed by atoms with Gasteiger partial charge in [-0.05, 0) is 91.9 Å². The Labute approximate surface area is 796 Å². The van der Waals surface area contributed by atoms with E-state index in [1.807, 2.05) is 0 Å². The molecule has 139 heavy (non-hydrogen) atoms. The van der Waals surface area contributed by atoms with Crippen LogP contribution in [0.15, 0.2) is 17.5 Å². The van der Waals surface area contributed by atoms with E-state index >= 15 is 4.79 Å². The van der Waals surface area contributed by atoms with Crippen LogP contribution in [0.2, 0.25) is 0 Å². The van der Waals surface area contributed by atoms with Crippen molar-refractivity contribution in [2.45, 2.75) is 309 Å². The molecule has 6 aliphatic rings. The van der Waals surface area contributed by atoms with Crippen molar-refractivity contribution in [2.75, 3.05) is 72.3 Å². The van der Waals surface area contributed by atoms with E-state index in [2.05, 4.69) is 84.1 Å². The molecule has 6 fully saturated rings. The van der Waals surface area contributed by atoms with Gasteiger partial charge in [0.15, 0.2) is 24.8 Å². The Bertz CT molecular complexity index is 4410. The molecule has 1 aromatic rings. The van der Waals surface area contributed by atoms with Gasteiger partial charge in [-0.15, -0.1) is 0 Å². The van der Waals surface area contributed by atoms with Gasteiger partial charge in [0.1, 0.15) is 140 Å². The van der Waals surface area contributed by atoms with Gasteiger partial charge in [0.2, 0.25) is 94.5 Å². The van der Waals surface area contributed by atoms with Crippen LogP contribution in [0.3, 0.4) is 0 Å². The minimum atomic E-state index is -2.24. The Morgan fingerprint density at radius 3 is 1.59 bits per heavy atom. The van der Waals surface area contributed by atoms with Crippen molar-refractivity contribution in [3.63, 3.8) is 0 Å². The molecule has 16 amide bonds. The topological polar surface area (TPSA) is 874 Å². The molecular formula is C82H134N22O35. The lowest BCUT2D eigenvalue weighted by Crippen LogP contribution is -2.69. The minimum Gasteiger partial charge on any atom is -0.481 e. The van der Waals surface area contributed by atoms with Crippen LogP contribution in [0.5, 0.6) is 0 Å². The molecule has 6 saturated heterocycles. The molecule has 30 atom stereocenters. The normalized spacial score (nSPS) is 27.2. The molecule has 0 aromatic carbocycles. The van der Waals surface area contributed by atoms with Gasteiger partial charge in [-0.25, -0.2) is 4.98 Å². The Kier molecular flexibility index (Phi) is 44.5. The number of hydrogen-bond donors (Lipinski definition) is 29. The molecule has 0 radical (unpaired) electrons. The lowest BCUT2D eigenvalue weighted by molar-refractivity contribution is -0.352. The number of rotatable bonds is 49. The summed E-state index contributed by atoms with van der Waals surface area (Å²) in [6, 6.07) is -24.0. The monoisotopic (exact) mass is 1990 g/mol.